The Morgan fingerprint density at radius 1 is 1.56 bits per heavy atom. The number of pyridine rings is 1. The summed E-state index contributed by atoms with van der Waals surface area (Å²) < 4.78 is 12.7. The van der Waals surface area contributed by atoms with E-state index in [0.717, 1.165) is 19.2 Å². The van der Waals surface area contributed by atoms with Gasteiger partial charge < -0.3 is 5.32 Å². The fourth-order valence-electron chi connectivity index (χ4n) is 2.49. The molecule has 1 N–H and O–H groups in total. The standard InChI is InChI=1S/C14H19FN2O/c1-2-10-5-6-16-12(7-10)8-14(18)13-4-3-11(15)9-17-13/h3-4,9-10,12,16H,2,5-8H2,1H3. The first-order valence-corrected chi connectivity index (χ1v) is 6.57. The molecule has 2 heterocycles. The Balaban J connectivity index is 1.92. The predicted molar refractivity (Wildman–Crippen MR) is 67.9 cm³/mol. The van der Waals surface area contributed by atoms with Gasteiger partial charge in [-0.1, -0.05) is 13.3 Å². The van der Waals surface area contributed by atoms with Gasteiger partial charge in [0.15, 0.2) is 5.78 Å². The van der Waals surface area contributed by atoms with Crippen LogP contribution in [0.15, 0.2) is 18.3 Å². The molecule has 0 saturated carbocycles. The zero-order valence-corrected chi connectivity index (χ0v) is 10.7. The minimum Gasteiger partial charge on any atom is -0.314 e. The van der Waals surface area contributed by atoms with E-state index in [1.165, 1.54) is 25.0 Å². The van der Waals surface area contributed by atoms with Crippen molar-refractivity contribution in [1.82, 2.24) is 10.3 Å². The lowest BCUT2D eigenvalue weighted by molar-refractivity contribution is 0.0952. The van der Waals surface area contributed by atoms with Crippen LogP contribution in [0.4, 0.5) is 4.39 Å². The fraction of sp³-hybridized carbons (Fsp3) is 0.571. The summed E-state index contributed by atoms with van der Waals surface area (Å²) in [5, 5.41) is 3.37. The fourth-order valence-corrected chi connectivity index (χ4v) is 2.49. The summed E-state index contributed by atoms with van der Waals surface area (Å²) in [7, 11) is 0. The number of rotatable bonds is 4. The van der Waals surface area contributed by atoms with E-state index in [4.69, 9.17) is 0 Å². The Kier molecular flexibility index (Phi) is 4.42. The molecule has 0 spiro atoms. The van der Waals surface area contributed by atoms with Gasteiger partial charge in [0.05, 0.1) is 6.20 Å². The number of aromatic nitrogens is 1. The van der Waals surface area contributed by atoms with Crippen LogP contribution in [0.1, 0.15) is 43.1 Å². The Labute approximate surface area is 107 Å². The lowest BCUT2D eigenvalue weighted by Crippen LogP contribution is -2.39. The molecule has 1 aliphatic rings. The van der Waals surface area contributed by atoms with Crippen molar-refractivity contribution in [3.63, 3.8) is 0 Å². The van der Waals surface area contributed by atoms with Crippen LogP contribution in [0.2, 0.25) is 0 Å². The van der Waals surface area contributed by atoms with Crippen LogP contribution < -0.4 is 5.32 Å². The van der Waals surface area contributed by atoms with E-state index in [2.05, 4.69) is 17.2 Å². The first-order chi connectivity index (χ1) is 8.69. The summed E-state index contributed by atoms with van der Waals surface area (Å²) >= 11 is 0. The Morgan fingerprint density at radius 2 is 2.39 bits per heavy atom. The Hall–Kier alpha value is -1.29. The predicted octanol–water partition coefficient (Wildman–Crippen LogP) is 2.57. The van der Waals surface area contributed by atoms with Crippen LogP contribution >= 0.6 is 0 Å². The molecule has 0 radical (unpaired) electrons. The molecule has 2 atom stereocenters. The van der Waals surface area contributed by atoms with E-state index in [1.807, 2.05) is 0 Å². The SMILES string of the molecule is CCC1CCNC(CC(=O)c2ccc(F)cn2)C1. The third-order valence-corrected chi connectivity index (χ3v) is 3.63. The van der Waals surface area contributed by atoms with Gasteiger partial charge in [0.25, 0.3) is 0 Å². The maximum atomic E-state index is 12.7. The van der Waals surface area contributed by atoms with Crippen LogP contribution in [0.3, 0.4) is 0 Å². The topological polar surface area (TPSA) is 42.0 Å². The molecular formula is C14H19FN2O. The number of carbonyl (C=O) groups excluding carboxylic acids is 1. The van der Waals surface area contributed by atoms with E-state index >= 15 is 0 Å². The van der Waals surface area contributed by atoms with Crippen molar-refractivity contribution < 1.29 is 9.18 Å². The number of ketones is 1. The second-order valence-corrected chi connectivity index (χ2v) is 4.94. The molecule has 98 valence electrons. The first-order valence-electron chi connectivity index (χ1n) is 6.57. The Bertz CT molecular complexity index is 405. The van der Waals surface area contributed by atoms with Gasteiger partial charge in [0.2, 0.25) is 0 Å². The van der Waals surface area contributed by atoms with Crippen LogP contribution in [-0.2, 0) is 0 Å². The van der Waals surface area contributed by atoms with Gasteiger partial charge in [-0.15, -0.1) is 0 Å². The molecule has 2 rings (SSSR count). The minimum absolute atomic E-state index is 0.00995. The van der Waals surface area contributed by atoms with Gasteiger partial charge in [0.1, 0.15) is 11.5 Å². The molecule has 2 unspecified atom stereocenters. The zero-order valence-electron chi connectivity index (χ0n) is 10.7. The molecule has 1 saturated heterocycles. The number of hydrogen-bond donors (Lipinski definition) is 1. The smallest absolute Gasteiger partial charge is 0.182 e. The summed E-state index contributed by atoms with van der Waals surface area (Å²) in [6.07, 6.45) is 4.95. The summed E-state index contributed by atoms with van der Waals surface area (Å²) in [6, 6.07) is 2.98. The van der Waals surface area contributed by atoms with Gasteiger partial charge in [-0.25, -0.2) is 4.39 Å². The lowest BCUT2D eigenvalue weighted by atomic mass is 9.88. The highest BCUT2D eigenvalue weighted by molar-refractivity contribution is 5.94. The average Bonchev–Trinajstić information content (AvgIpc) is 2.39. The van der Waals surface area contributed by atoms with E-state index < -0.39 is 5.82 Å². The normalized spacial score (nSPS) is 23.9. The summed E-state index contributed by atoms with van der Waals surface area (Å²) in [5.74, 6) is 0.294. The molecule has 1 aromatic heterocycles. The molecule has 0 aliphatic carbocycles. The van der Waals surface area contributed by atoms with Crippen molar-refractivity contribution in [3.05, 3.63) is 29.8 Å². The largest absolute Gasteiger partial charge is 0.314 e. The van der Waals surface area contributed by atoms with Gasteiger partial charge in [-0.2, -0.15) is 0 Å². The quantitative estimate of drug-likeness (QED) is 0.835. The number of Topliss-reactive ketones (excluding diaryl/α,β-unsaturated/α-hetero) is 1. The van der Waals surface area contributed by atoms with Crippen LogP contribution in [0, 0.1) is 11.7 Å². The molecule has 3 nitrogen and oxygen atoms in total. The molecular weight excluding hydrogens is 231 g/mol. The summed E-state index contributed by atoms with van der Waals surface area (Å²) in [4.78, 5) is 15.8. The second kappa shape index (κ2) is 6.05. The molecule has 18 heavy (non-hydrogen) atoms. The number of carbonyl (C=O) groups is 1. The maximum absolute atomic E-state index is 12.7. The number of hydrogen-bond acceptors (Lipinski definition) is 3. The van der Waals surface area contributed by atoms with E-state index in [1.54, 1.807) is 0 Å². The maximum Gasteiger partial charge on any atom is 0.182 e. The minimum atomic E-state index is -0.409. The molecule has 1 aromatic rings. The Morgan fingerprint density at radius 3 is 3.06 bits per heavy atom. The monoisotopic (exact) mass is 250 g/mol. The average molecular weight is 250 g/mol. The lowest BCUT2D eigenvalue weighted by Gasteiger charge is -2.29. The van der Waals surface area contributed by atoms with E-state index in [9.17, 15) is 9.18 Å². The third kappa shape index (κ3) is 3.35. The van der Waals surface area contributed by atoms with Crippen molar-refractivity contribution in [2.45, 2.75) is 38.6 Å². The van der Waals surface area contributed by atoms with Crippen LogP contribution in [0.5, 0.6) is 0 Å². The molecule has 4 heteroatoms. The van der Waals surface area contributed by atoms with Crippen molar-refractivity contribution in [1.29, 1.82) is 0 Å². The molecule has 0 aromatic carbocycles. The number of nitrogens with one attached hydrogen (secondary N) is 1. The van der Waals surface area contributed by atoms with Gasteiger partial charge in [0, 0.05) is 12.5 Å². The highest BCUT2D eigenvalue weighted by Gasteiger charge is 2.23. The highest BCUT2D eigenvalue weighted by Crippen LogP contribution is 2.21. The van der Waals surface area contributed by atoms with E-state index in [0.29, 0.717) is 18.0 Å². The molecule has 1 aliphatic heterocycles. The first kappa shape index (κ1) is 13.1. The molecule has 0 amide bonds. The van der Waals surface area contributed by atoms with Crippen molar-refractivity contribution in [2.75, 3.05) is 6.54 Å². The number of piperidine rings is 1. The zero-order chi connectivity index (χ0) is 13.0. The van der Waals surface area contributed by atoms with E-state index in [-0.39, 0.29) is 11.8 Å². The summed E-state index contributed by atoms with van der Waals surface area (Å²) in [5.41, 5.74) is 0.358. The van der Waals surface area contributed by atoms with Gasteiger partial charge in [-0.3, -0.25) is 9.78 Å². The highest BCUT2D eigenvalue weighted by atomic mass is 19.1. The number of nitrogens with zero attached hydrogens (tertiary/aromatic N) is 1. The van der Waals surface area contributed by atoms with Gasteiger partial charge in [-0.05, 0) is 37.4 Å². The molecule has 0 bridgehead atoms. The van der Waals surface area contributed by atoms with Crippen LogP contribution in [-0.4, -0.2) is 23.4 Å². The third-order valence-electron chi connectivity index (χ3n) is 3.63. The van der Waals surface area contributed by atoms with Crippen molar-refractivity contribution in [3.8, 4) is 0 Å². The molecule has 1 fully saturated rings. The number of halogens is 1. The van der Waals surface area contributed by atoms with Gasteiger partial charge >= 0.3 is 0 Å². The second-order valence-electron chi connectivity index (χ2n) is 4.94. The van der Waals surface area contributed by atoms with Crippen molar-refractivity contribution in [2.24, 2.45) is 5.92 Å². The van der Waals surface area contributed by atoms with Crippen LogP contribution in [0.25, 0.3) is 0 Å². The summed E-state index contributed by atoms with van der Waals surface area (Å²) in [6.45, 7) is 3.17. The van der Waals surface area contributed by atoms with Crippen molar-refractivity contribution >= 4 is 5.78 Å².